The van der Waals surface area contributed by atoms with Crippen molar-refractivity contribution in [2.24, 2.45) is 0 Å². The van der Waals surface area contributed by atoms with Gasteiger partial charge in [0, 0.05) is 25.6 Å². The van der Waals surface area contributed by atoms with E-state index in [1.54, 1.807) is 25.2 Å². The number of urea groups is 1. The van der Waals surface area contributed by atoms with Crippen LogP contribution in [-0.2, 0) is 29.0 Å². The predicted octanol–water partition coefficient (Wildman–Crippen LogP) is 1.13. The molecule has 9 nitrogen and oxygen atoms in total. The molecule has 1 aliphatic carbocycles. The van der Waals surface area contributed by atoms with Crippen LogP contribution in [0.25, 0.3) is 11.0 Å². The van der Waals surface area contributed by atoms with Crippen LogP contribution in [0.15, 0.2) is 41.2 Å². The van der Waals surface area contributed by atoms with Crippen molar-refractivity contribution in [1.29, 1.82) is 0 Å². The van der Waals surface area contributed by atoms with Gasteiger partial charge in [0.15, 0.2) is 0 Å². The van der Waals surface area contributed by atoms with Gasteiger partial charge < -0.3 is 15.2 Å². The number of rotatable bonds is 3. The number of imide groups is 1. The fourth-order valence-corrected chi connectivity index (χ4v) is 4.42. The Labute approximate surface area is 174 Å². The van der Waals surface area contributed by atoms with E-state index in [0.29, 0.717) is 24.0 Å². The Morgan fingerprint density at radius 3 is 2.68 bits per heavy atom. The number of fused-ring (bicyclic) bond motifs is 2. The van der Waals surface area contributed by atoms with Crippen LogP contribution in [0.1, 0.15) is 11.1 Å². The van der Waals surface area contributed by atoms with Gasteiger partial charge in [0.2, 0.25) is 5.91 Å². The maximum atomic E-state index is 13.9. The number of benzene rings is 2. The van der Waals surface area contributed by atoms with Gasteiger partial charge in [0.25, 0.3) is 5.91 Å². The van der Waals surface area contributed by atoms with Crippen LogP contribution < -0.4 is 16.3 Å². The zero-order valence-electron chi connectivity index (χ0n) is 16.5. The van der Waals surface area contributed by atoms with Crippen molar-refractivity contribution < 1.29 is 18.8 Å². The summed E-state index contributed by atoms with van der Waals surface area (Å²) >= 11 is 0. The molecule has 1 saturated heterocycles. The molecule has 3 N–H and O–H groups in total. The minimum absolute atomic E-state index is 0.0524. The molecule has 2 aliphatic rings. The lowest BCUT2D eigenvalue weighted by atomic mass is 9.95. The van der Waals surface area contributed by atoms with E-state index in [1.165, 1.54) is 21.6 Å². The molecule has 3 aromatic rings. The summed E-state index contributed by atoms with van der Waals surface area (Å²) in [6, 6.07) is 9.13. The predicted molar refractivity (Wildman–Crippen MR) is 109 cm³/mol. The molecule has 31 heavy (non-hydrogen) atoms. The summed E-state index contributed by atoms with van der Waals surface area (Å²) in [6.45, 7) is -0.289. The number of likely N-dealkylation sites (N-methyl/N-ethyl adjacent to an activating group) is 1. The van der Waals surface area contributed by atoms with E-state index in [4.69, 9.17) is 0 Å². The molecule has 2 heterocycles. The third-order valence-electron chi connectivity index (χ3n) is 6.11. The van der Waals surface area contributed by atoms with Crippen LogP contribution in [-0.4, -0.2) is 44.9 Å². The molecule has 1 atom stereocenters. The van der Waals surface area contributed by atoms with Crippen molar-refractivity contribution >= 4 is 34.6 Å². The number of halogens is 1. The van der Waals surface area contributed by atoms with Gasteiger partial charge in [-0.25, -0.2) is 14.0 Å². The number of nitrogens with zero attached hydrogens (tertiary/aromatic N) is 2. The number of H-pyrrole nitrogens is 1. The molecule has 5 rings (SSSR count). The van der Waals surface area contributed by atoms with Gasteiger partial charge in [-0.3, -0.25) is 19.5 Å². The number of para-hydroxylation sites is 1. The Balaban J connectivity index is 1.36. The first-order valence-electron chi connectivity index (χ1n) is 9.66. The minimum Gasteiger partial charge on any atom is -0.325 e. The highest BCUT2D eigenvalue weighted by Crippen LogP contribution is 2.38. The summed E-state index contributed by atoms with van der Waals surface area (Å²) in [5.41, 5.74) is 1.13. The summed E-state index contributed by atoms with van der Waals surface area (Å²) in [6.07, 6.45) is 0.752. The van der Waals surface area contributed by atoms with E-state index in [1.807, 2.05) is 6.07 Å². The number of carbonyl (C=O) groups excluding carboxylic acids is 3. The average Bonchev–Trinajstić information content (AvgIpc) is 3.32. The van der Waals surface area contributed by atoms with Crippen LogP contribution in [0.3, 0.4) is 0 Å². The van der Waals surface area contributed by atoms with Crippen LogP contribution in [0, 0.1) is 5.82 Å². The van der Waals surface area contributed by atoms with Crippen molar-refractivity contribution in [2.45, 2.75) is 24.9 Å². The maximum Gasteiger partial charge on any atom is 0.327 e. The fraction of sp³-hybridized carbons (Fsp3) is 0.238. The number of hydrogen-bond donors (Lipinski definition) is 3. The van der Waals surface area contributed by atoms with E-state index in [0.717, 1.165) is 11.1 Å². The van der Waals surface area contributed by atoms with Gasteiger partial charge in [-0.2, -0.15) is 0 Å². The Morgan fingerprint density at radius 1 is 1.16 bits per heavy atom. The molecule has 0 unspecified atom stereocenters. The molecule has 0 bridgehead atoms. The van der Waals surface area contributed by atoms with Gasteiger partial charge in [0.05, 0.1) is 5.52 Å². The van der Waals surface area contributed by atoms with E-state index in [2.05, 4.69) is 15.6 Å². The van der Waals surface area contributed by atoms with E-state index < -0.39 is 29.0 Å². The van der Waals surface area contributed by atoms with Gasteiger partial charge in [-0.15, -0.1) is 0 Å². The number of aromatic amines is 1. The quantitative estimate of drug-likeness (QED) is 0.548. The highest BCUT2D eigenvalue weighted by atomic mass is 19.1. The zero-order valence-corrected chi connectivity index (χ0v) is 16.5. The Bertz CT molecular complexity index is 1340. The third kappa shape index (κ3) is 2.82. The number of hydrogen-bond acceptors (Lipinski definition) is 4. The molecule has 4 amide bonds. The first-order valence-corrected chi connectivity index (χ1v) is 9.66. The lowest BCUT2D eigenvalue weighted by Crippen LogP contribution is -2.48. The standard InChI is InChI=1S/C21H18FN5O4/c1-26-19(30)25-18(29)21(26)8-11-5-6-13(7-12(11)9-21)23-16(28)10-27-15-4-2-3-14(22)17(15)24-20(27)31/h2-7H,8-10H2,1H3,(H,23,28)(H,24,31)(H,25,29,30)/t21-/m1/s1. The number of imidazole rings is 1. The van der Waals surface area contributed by atoms with Crippen molar-refractivity contribution in [3.05, 3.63) is 63.8 Å². The van der Waals surface area contributed by atoms with Crippen molar-refractivity contribution in [3.8, 4) is 0 Å². The molecule has 1 aromatic heterocycles. The van der Waals surface area contributed by atoms with Crippen molar-refractivity contribution in [2.75, 3.05) is 12.4 Å². The molecule has 1 aliphatic heterocycles. The van der Waals surface area contributed by atoms with Gasteiger partial charge in [-0.1, -0.05) is 12.1 Å². The largest absolute Gasteiger partial charge is 0.327 e. The Morgan fingerprint density at radius 2 is 1.94 bits per heavy atom. The average molecular weight is 423 g/mol. The summed E-state index contributed by atoms with van der Waals surface area (Å²) in [4.78, 5) is 52.8. The number of anilines is 1. The van der Waals surface area contributed by atoms with Gasteiger partial charge >= 0.3 is 11.7 Å². The Kier molecular flexibility index (Phi) is 4.01. The second-order valence-electron chi connectivity index (χ2n) is 7.89. The normalized spacial score (nSPS) is 19.9. The summed E-state index contributed by atoms with van der Waals surface area (Å²) in [7, 11) is 1.59. The van der Waals surface area contributed by atoms with Crippen LogP contribution in [0.2, 0.25) is 0 Å². The number of nitrogens with one attached hydrogen (secondary N) is 3. The number of carbonyl (C=O) groups is 3. The lowest BCUT2D eigenvalue weighted by Gasteiger charge is -2.27. The molecule has 0 saturated carbocycles. The topological polar surface area (TPSA) is 116 Å². The summed E-state index contributed by atoms with van der Waals surface area (Å²) < 4.78 is 15.0. The fourth-order valence-electron chi connectivity index (χ4n) is 4.42. The van der Waals surface area contributed by atoms with Gasteiger partial charge in [0.1, 0.15) is 23.4 Å². The molecular formula is C21H18FN5O4. The van der Waals surface area contributed by atoms with Crippen LogP contribution in [0.4, 0.5) is 14.9 Å². The Hall–Kier alpha value is -3.95. The molecular weight excluding hydrogens is 405 g/mol. The second-order valence-corrected chi connectivity index (χ2v) is 7.89. The van der Waals surface area contributed by atoms with E-state index in [9.17, 15) is 23.6 Å². The maximum absolute atomic E-state index is 13.9. The van der Waals surface area contributed by atoms with E-state index >= 15 is 0 Å². The first-order chi connectivity index (χ1) is 14.8. The number of amides is 4. The first kappa shape index (κ1) is 19.0. The zero-order chi connectivity index (χ0) is 21.9. The molecule has 1 fully saturated rings. The molecule has 158 valence electrons. The summed E-state index contributed by atoms with van der Waals surface area (Å²) in [5, 5.41) is 5.09. The third-order valence-corrected chi connectivity index (χ3v) is 6.11. The molecule has 10 heteroatoms. The molecule has 0 radical (unpaired) electrons. The smallest absolute Gasteiger partial charge is 0.325 e. The monoisotopic (exact) mass is 423 g/mol. The highest BCUT2D eigenvalue weighted by Gasteiger charge is 2.54. The van der Waals surface area contributed by atoms with Crippen LogP contribution >= 0.6 is 0 Å². The SMILES string of the molecule is CN1C(=O)NC(=O)[C@]12Cc1ccc(NC(=O)Cn3c(=O)[nH]c4c(F)cccc43)cc1C2. The molecule has 2 aromatic carbocycles. The van der Waals surface area contributed by atoms with Crippen molar-refractivity contribution in [1.82, 2.24) is 19.8 Å². The van der Waals surface area contributed by atoms with E-state index in [-0.39, 0.29) is 18.0 Å². The molecule has 1 spiro atoms. The second kappa shape index (κ2) is 6.53. The van der Waals surface area contributed by atoms with Crippen molar-refractivity contribution in [3.63, 3.8) is 0 Å². The summed E-state index contributed by atoms with van der Waals surface area (Å²) in [5.74, 6) is -1.35. The van der Waals surface area contributed by atoms with Crippen LogP contribution in [0.5, 0.6) is 0 Å². The minimum atomic E-state index is -0.941. The number of aromatic nitrogens is 2. The van der Waals surface area contributed by atoms with Gasteiger partial charge in [-0.05, 0) is 35.4 Å². The highest BCUT2D eigenvalue weighted by molar-refractivity contribution is 6.07. The lowest BCUT2D eigenvalue weighted by molar-refractivity contribution is -0.125.